The average molecular weight is 514 g/mol. The molecule has 3 aliphatic rings. The van der Waals surface area contributed by atoms with E-state index in [2.05, 4.69) is 41.5 Å². The van der Waals surface area contributed by atoms with Gasteiger partial charge in [-0.05, 0) is 86.4 Å². The van der Waals surface area contributed by atoms with Gasteiger partial charge in [-0.1, -0.05) is 131 Å². The highest BCUT2D eigenvalue weighted by molar-refractivity contribution is 5.84. The molecule has 0 N–H and O–H groups in total. The maximum Gasteiger partial charge on any atom is 0.0499 e. The van der Waals surface area contributed by atoms with Crippen molar-refractivity contribution in [3.63, 3.8) is 0 Å². The summed E-state index contributed by atoms with van der Waals surface area (Å²) in [6, 6.07) is 0.608. The van der Waals surface area contributed by atoms with Gasteiger partial charge in [0, 0.05) is 11.8 Å². The third-order valence-corrected chi connectivity index (χ3v) is 12.4. The largest absolute Gasteiger partial charge is 0.291 e. The van der Waals surface area contributed by atoms with E-state index in [-0.39, 0.29) is 0 Å². The second-order valence-electron chi connectivity index (χ2n) is 14.7. The summed E-state index contributed by atoms with van der Waals surface area (Å²) >= 11 is 0. The van der Waals surface area contributed by atoms with E-state index >= 15 is 0 Å². The van der Waals surface area contributed by atoms with E-state index < -0.39 is 0 Å². The van der Waals surface area contributed by atoms with E-state index in [9.17, 15) is 0 Å². The molecule has 3 saturated carbocycles. The van der Waals surface area contributed by atoms with Gasteiger partial charge in [0.25, 0.3) is 0 Å². The van der Waals surface area contributed by atoms with E-state index in [4.69, 9.17) is 4.99 Å². The van der Waals surface area contributed by atoms with Crippen LogP contribution in [0, 0.1) is 40.9 Å². The lowest BCUT2D eigenvalue weighted by Crippen LogP contribution is -2.29. The molecule has 0 bridgehead atoms. The van der Waals surface area contributed by atoms with E-state index in [1.807, 2.05) is 0 Å². The highest BCUT2D eigenvalue weighted by Crippen LogP contribution is 2.56. The van der Waals surface area contributed by atoms with Gasteiger partial charge >= 0.3 is 0 Å². The highest BCUT2D eigenvalue weighted by atomic mass is 14.8. The second kappa shape index (κ2) is 16.1. The van der Waals surface area contributed by atoms with Crippen LogP contribution in [-0.2, 0) is 0 Å². The van der Waals surface area contributed by atoms with Crippen LogP contribution >= 0.6 is 0 Å². The minimum atomic E-state index is 0.526. The van der Waals surface area contributed by atoms with Crippen LogP contribution in [0.3, 0.4) is 0 Å². The summed E-state index contributed by atoms with van der Waals surface area (Å²) in [6.45, 7) is 15.3. The summed E-state index contributed by atoms with van der Waals surface area (Å²) in [5.74, 6) is 5.10. The van der Waals surface area contributed by atoms with Crippen LogP contribution in [0.5, 0.6) is 0 Å². The Hall–Kier alpha value is -0.330. The summed E-state index contributed by atoms with van der Waals surface area (Å²) in [6.07, 6.45) is 30.1. The Labute approximate surface area is 233 Å². The van der Waals surface area contributed by atoms with Crippen molar-refractivity contribution in [1.29, 1.82) is 0 Å². The van der Waals surface area contributed by atoms with Crippen LogP contribution < -0.4 is 0 Å². The molecule has 0 radical (unpaired) electrons. The average Bonchev–Trinajstić information content (AvgIpc) is 3.03. The van der Waals surface area contributed by atoms with Crippen molar-refractivity contribution >= 4 is 5.71 Å². The van der Waals surface area contributed by atoms with Crippen LogP contribution in [0.1, 0.15) is 176 Å². The van der Waals surface area contributed by atoms with E-state index in [1.165, 1.54) is 135 Å². The molecule has 0 heterocycles. The van der Waals surface area contributed by atoms with Crippen molar-refractivity contribution < 1.29 is 0 Å². The van der Waals surface area contributed by atoms with Crippen LogP contribution in [0.25, 0.3) is 0 Å². The Morgan fingerprint density at radius 3 is 1.57 bits per heavy atom. The molecule has 0 amide bonds. The van der Waals surface area contributed by atoms with Crippen LogP contribution in [0.15, 0.2) is 4.99 Å². The fourth-order valence-corrected chi connectivity index (χ4v) is 8.79. The molecule has 0 aliphatic heterocycles. The van der Waals surface area contributed by atoms with Gasteiger partial charge in [0.1, 0.15) is 0 Å². The molecule has 3 rings (SSSR count). The molecule has 3 aliphatic carbocycles. The van der Waals surface area contributed by atoms with Crippen molar-refractivity contribution in [2.24, 2.45) is 45.9 Å². The lowest BCUT2D eigenvalue weighted by atomic mass is 9.68. The molecule has 1 heteroatoms. The van der Waals surface area contributed by atoms with Gasteiger partial charge in [0.05, 0.1) is 0 Å². The fourth-order valence-electron chi connectivity index (χ4n) is 8.79. The summed E-state index contributed by atoms with van der Waals surface area (Å²) in [4.78, 5) is 5.56. The SMILES string of the molecule is CC(=NC1CCCCCCCCCC1)C1CCCCCCCCC(CCC2(C)C(C)C(C)C(C)C2C)C1. The normalized spacial score (nSPS) is 39.0. The molecular formula is C36H67N. The van der Waals surface area contributed by atoms with Crippen molar-refractivity contribution in [2.75, 3.05) is 0 Å². The minimum Gasteiger partial charge on any atom is -0.291 e. The Balaban J connectivity index is 1.68. The van der Waals surface area contributed by atoms with Crippen molar-refractivity contribution in [3.8, 4) is 0 Å². The molecule has 6 unspecified atom stereocenters. The maximum absolute atomic E-state index is 5.56. The highest BCUT2D eigenvalue weighted by Gasteiger charge is 2.49. The molecule has 6 atom stereocenters. The van der Waals surface area contributed by atoms with E-state index in [1.54, 1.807) is 5.71 Å². The molecule has 0 aromatic heterocycles. The third kappa shape index (κ3) is 9.38. The summed E-state index contributed by atoms with van der Waals surface area (Å²) in [5, 5.41) is 0. The monoisotopic (exact) mass is 514 g/mol. The molecule has 0 spiro atoms. The minimum absolute atomic E-state index is 0.526. The van der Waals surface area contributed by atoms with Crippen molar-refractivity contribution in [3.05, 3.63) is 0 Å². The van der Waals surface area contributed by atoms with Gasteiger partial charge in [0.2, 0.25) is 0 Å². The van der Waals surface area contributed by atoms with Gasteiger partial charge in [-0.25, -0.2) is 0 Å². The molecule has 37 heavy (non-hydrogen) atoms. The quantitative estimate of drug-likeness (QED) is 0.324. The van der Waals surface area contributed by atoms with Crippen molar-refractivity contribution in [1.82, 2.24) is 0 Å². The Morgan fingerprint density at radius 2 is 1.05 bits per heavy atom. The van der Waals surface area contributed by atoms with E-state index in [0.29, 0.717) is 11.5 Å². The van der Waals surface area contributed by atoms with Crippen LogP contribution in [-0.4, -0.2) is 11.8 Å². The number of aliphatic imine (C=N–C) groups is 1. The number of hydrogen-bond donors (Lipinski definition) is 0. The fraction of sp³-hybridized carbons (Fsp3) is 0.972. The second-order valence-corrected chi connectivity index (χ2v) is 14.7. The Morgan fingerprint density at radius 1 is 0.622 bits per heavy atom. The van der Waals surface area contributed by atoms with Crippen molar-refractivity contribution in [2.45, 2.75) is 182 Å². The van der Waals surface area contributed by atoms with Crippen LogP contribution in [0.2, 0.25) is 0 Å². The smallest absolute Gasteiger partial charge is 0.0499 e. The molecule has 216 valence electrons. The zero-order valence-electron chi connectivity index (χ0n) is 26.3. The standard InChI is InChI=1S/C36H67N/c1-28-29(2)31(4)36(6,30(28)3)26-25-33-21-17-13-11-12-14-18-22-34(27-33)32(5)37-35-23-19-15-9-7-8-10-16-20-24-35/h28-31,33-35H,7-27H2,1-6H3. The van der Waals surface area contributed by atoms with Gasteiger partial charge in [-0.3, -0.25) is 4.99 Å². The number of nitrogens with zero attached hydrogens (tertiary/aromatic N) is 1. The predicted molar refractivity (Wildman–Crippen MR) is 166 cm³/mol. The molecular weight excluding hydrogens is 446 g/mol. The Bertz CT molecular complexity index is 623. The summed E-state index contributed by atoms with van der Waals surface area (Å²) < 4.78 is 0. The summed E-state index contributed by atoms with van der Waals surface area (Å²) in [5.41, 5.74) is 2.07. The molecule has 1 nitrogen and oxygen atoms in total. The van der Waals surface area contributed by atoms with Gasteiger partial charge < -0.3 is 0 Å². The predicted octanol–water partition coefficient (Wildman–Crippen LogP) is 11.8. The first-order valence-electron chi connectivity index (χ1n) is 17.4. The first-order valence-corrected chi connectivity index (χ1v) is 17.4. The molecule has 0 aromatic rings. The van der Waals surface area contributed by atoms with Gasteiger partial charge in [-0.2, -0.15) is 0 Å². The first kappa shape index (κ1) is 31.2. The Kier molecular flexibility index (Phi) is 13.5. The van der Waals surface area contributed by atoms with E-state index in [0.717, 1.165) is 35.5 Å². The van der Waals surface area contributed by atoms with Crippen LogP contribution in [0.4, 0.5) is 0 Å². The number of rotatable bonds is 5. The molecule has 0 saturated heterocycles. The lowest BCUT2D eigenvalue weighted by Gasteiger charge is -2.37. The topological polar surface area (TPSA) is 12.4 Å². The molecule has 3 fully saturated rings. The zero-order chi connectivity index (χ0) is 26.7. The van der Waals surface area contributed by atoms with Gasteiger partial charge in [0.15, 0.2) is 0 Å². The zero-order valence-corrected chi connectivity index (χ0v) is 26.3. The maximum atomic E-state index is 5.56. The summed E-state index contributed by atoms with van der Waals surface area (Å²) in [7, 11) is 0. The lowest BCUT2D eigenvalue weighted by molar-refractivity contribution is 0.130. The third-order valence-electron chi connectivity index (χ3n) is 12.4. The molecule has 0 aromatic carbocycles. The first-order chi connectivity index (χ1) is 17.8. The van der Waals surface area contributed by atoms with Gasteiger partial charge in [-0.15, -0.1) is 0 Å². The number of hydrogen-bond acceptors (Lipinski definition) is 1.